The fourth-order valence-corrected chi connectivity index (χ4v) is 3.89. The van der Waals surface area contributed by atoms with Crippen LogP contribution in [0.3, 0.4) is 0 Å². The number of aryl methyl sites for hydroxylation is 1. The van der Waals surface area contributed by atoms with Crippen LogP contribution in [-0.2, 0) is 15.5 Å². The van der Waals surface area contributed by atoms with Crippen molar-refractivity contribution in [1.29, 1.82) is 0 Å². The molecule has 1 heterocycles. The number of thiophene rings is 1. The van der Waals surface area contributed by atoms with Crippen molar-refractivity contribution >= 4 is 24.9 Å². The summed E-state index contributed by atoms with van der Waals surface area (Å²) in [6, 6.07) is 9.34. The van der Waals surface area contributed by atoms with Crippen molar-refractivity contribution in [3.8, 4) is 5.75 Å². The number of halogens is 1. The van der Waals surface area contributed by atoms with Gasteiger partial charge in [-0.1, -0.05) is 0 Å². The van der Waals surface area contributed by atoms with Crippen molar-refractivity contribution < 1.29 is 32.8 Å². The van der Waals surface area contributed by atoms with E-state index in [0.717, 1.165) is 4.88 Å². The van der Waals surface area contributed by atoms with Crippen LogP contribution >= 0.6 is 19.2 Å². The number of Topliss-reactive ketones (excluding diaryl/α,β-unsaturated/α-hetero) is 1. The summed E-state index contributed by atoms with van der Waals surface area (Å²) in [4.78, 5) is 31.4. The van der Waals surface area contributed by atoms with E-state index in [1.165, 1.54) is 23.5 Å². The van der Waals surface area contributed by atoms with Crippen LogP contribution in [0.5, 0.6) is 5.75 Å². The first kappa shape index (κ1) is 23.7. The van der Waals surface area contributed by atoms with Gasteiger partial charge in [-0.05, 0) is 62.6 Å². The SMILES string of the molecule is CC(N)(CCc1ccc(C(=O)CCCOc2ccc(F)cc2)s1)COP(=O)(O)O. The Labute approximate surface area is 172 Å². The molecule has 0 aliphatic heterocycles. The van der Waals surface area contributed by atoms with Crippen LogP contribution in [0, 0.1) is 5.82 Å². The Hall–Kier alpha value is -1.61. The second kappa shape index (κ2) is 10.4. The van der Waals surface area contributed by atoms with E-state index in [-0.39, 0.29) is 18.2 Å². The minimum absolute atomic E-state index is 0.0179. The Bertz CT molecular complexity index is 849. The summed E-state index contributed by atoms with van der Waals surface area (Å²) >= 11 is 1.38. The minimum Gasteiger partial charge on any atom is -0.494 e. The molecule has 0 spiro atoms. The molecule has 1 unspecified atom stereocenters. The molecule has 0 radical (unpaired) electrons. The van der Waals surface area contributed by atoms with Gasteiger partial charge >= 0.3 is 7.82 Å². The molecule has 1 aromatic heterocycles. The number of benzene rings is 1. The van der Waals surface area contributed by atoms with Gasteiger partial charge in [0.1, 0.15) is 11.6 Å². The first-order valence-corrected chi connectivity index (χ1v) is 11.4. The fourth-order valence-electron chi connectivity index (χ4n) is 2.45. The summed E-state index contributed by atoms with van der Waals surface area (Å²) in [6.07, 6.45) is 1.91. The summed E-state index contributed by atoms with van der Waals surface area (Å²) in [7, 11) is -4.55. The van der Waals surface area contributed by atoms with Crippen LogP contribution in [-0.4, -0.2) is 34.3 Å². The molecule has 1 atom stereocenters. The molecule has 1 aromatic carbocycles. The summed E-state index contributed by atoms with van der Waals surface area (Å²) in [5.41, 5.74) is 5.11. The van der Waals surface area contributed by atoms with Gasteiger partial charge in [0.05, 0.1) is 18.1 Å². The van der Waals surface area contributed by atoms with Gasteiger partial charge < -0.3 is 20.3 Å². The highest BCUT2D eigenvalue weighted by Gasteiger charge is 2.24. The lowest BCUT2D eigenvalue weighted by atomic mass is 9.98. The molecule has 4 N–H and O–H groups in total. The average Bonchev–Trinajstić information content (AvgIpc) is 3.12. The number of ketones is 1. The first-order chi connectivity index (χ1) is 13.5. The maximum Gasteiger partial charge on any atom is 0.469 e. The van der Waals surface area contributed by atoms with Crippen molar-refractivity contribution in [3.63, 3.8) is 0 Å². The predicted molar refractivity (Wildman–Crippen MR) is 109 cm³/mol. The lowest BCUT2D eigenvalue weighted by molar-refractivity contribution is 0.0977. The lowest BCUT2D eigenvalue weighted by Crippen LogP contribution is -2.41. The molecule has 0 saturated heterocycles. The number of carbonyl (C=O) groups excluding carboxylic acids is 1. The van der Waals surface area contributed by atoms with E-state index >= 15 is 0 Å². The van der Waals surface area contributed by atoms with E-state index in [1.807, 2.05) is 6.07 Å². The third-order valence-electron chi connectivity index (χ3n) is 4.07. The molecule has 0 fully saturated rings. The lowest BCUT2D eigenvalue weighted by Gasteiger charge is -2.24. The summed E-state index contributed by atoms with van der Waals surface area (Å²) < 4.78 is 33.6. The Balaban J connectivity index is 1.73. The quantitative estimate of drug-likeness (QED) is 0.259. The maximum atomic E-state index is 12.8. The average molecular weight is 445 g/mol. The maximum absolute atomic E-state index is 12.8. The second-order valence-corrected chi connectivity index (χ2v) is 9.42. The number of rotatable bonds is 12. The Morgan fingerprint density at radius 2 is 1.93 bits per heavy atom. The third kappa shape index (κ3) is 9.16. The topological polar surface area (TPSA) is 119 Å². The molecule has 0 aliphatic carbocycles. The van der Waals surface area contributed by atoms with E-state index in [0.29, 0.717) is 42.9 Å². The van der Waals surface area contributed by atoms with Gasteiger partial charge in [-0.2, -0.15) is 0 Å². The summed E-state index contributed by atoms with van der Waals surface area (Å²) in [6.45, 7) is 1.76. The first-order valence-electron chi connectivity index (χ1n) is 9.03. The number of carbonyl (C=O) groups is 1. The zero-order valence-corrected chi connectivity index (χ0v) is 17.8. The zero-order chi connectivity index (χ0) is 21.5. The molecule has 0 aliphatic rings. The molecule has 7 nitrogen and oxygen atoms in total. The number of hydrogen-bond donors (Lipinski definition) is 3. The third-order valence-corrected chi connectivity index (χ3v) is 5.72. The fraction of sp³-hybridized carbons (Fsp3) is 0.421. The normalized spacial score (nSPS) is 13.8. The van der Waals surface area contributed by atoms with Crippen LogP contribution in [0.2, 0.25) is 0 Å². The van der Waals surface area contributed by atoms with Gasteiger partial charge in [-0.25, -0.2) is 8.96 Å². The Morgan fingerprint density at radius 3 is 2.59 bits per heavy atom. The number of ether oxygens (including phenoxy) is 1. The van der Waals surface area contributed by atoms with Crippen LogP contribution in [0.4, 0.5) is 4.39 Å². The highest BCUT2D eigenvalue weighted by molar-refractivity contribution is 7.46. The molecular formula is C19H25FNO6PS. The molecule has 160 valence electrons. The molecule has 2 rings (SSSR count). The number of nitrogens with two attached hydrogens (primary N) is 1. The molecular weight excluding hydrogens is 420 g/mol. The largest absolute Gasteiger partial charge is 0.494 e. The highest BCUT2D eigenvalue weighted by atomic mass is 32.1. The number of phosphoric acid groups is 1. The molecule has 29 heavy (non-hydrogen) atoms. The van der Waals surface area contributed by atoms with Crippen molar-refractivity contribution in [1.82, 2.24) is 0 Å². The van der Waals surface area contributed by atoms with Gasteiger partial charge in [0.25, 0.3) is 0 Å². The van der Waals surface area contributed by atoms with Crippen molar-refractivity contribution in [2.24, 2.45) is 5.73 Å². The van der Waals surface area contributed by atoms with Gasteiger partial charge in [-0.15, -0.1) is 11.3 Å². The van der Waals surface area contributed by atoms with Crippen LogP contribution in [0.1, 0.15) is 40.7 Å². The van der Waals surface area contributed by atoms with Crippen LogP contribution in [0.25, 0.3) is 0 Å². The number of hydrogen-bond acceptors (Lipinski definition) is 6. The minimum atomic E-state index is -4.55. The second-order valence-electron chi connectivity index (χ2n) is 7.01. The monoisotopic (exact) mass is 445 g/mol. The zero-order valence-electron chi connectivity index (χ0n) is 16.0. The van der Waals surface area contributed by atoms with Gasteiger partial charge in [0.2, 0.25) is 0 Å². The standard InChI is InChI=1S/C19H25FNO6PS/c1-19(21,13-27-28(23,24)25)11-10-16-8-9-18(29-16)17(22)3-2-12-26-15-6-4-14(20)5-7-15/h4-9H,2-3,10-13,21H2,1H3,(H2,23,24,25). The van der Waals surface area contributed by atoms with Crippen molar-refractivity contribution in [3.05, 3.63) is 52.0 Å². The van der Waals surface area contributed by atoms with Gasteiger partial charge in [-0.3, -0.25) is 9.32 Å². The molecule has 10 heteroatoms. The van der Waals surface area contributed by atoms with E-state index in [2.05, 4.69) is 4.52 Å². The van der Waals surface area contributed by atoms with Crippen molar-refractivity contribution in [2.45, 2.75) is 38.1 Å². The molecule has 0 amide bonds. The summed E-state index contributed by atoms with van der Waals surface area (Å²) in [5, 5.41) is 0. The van der Waals surface area contributed by atoms with Crippen LogP contribution < -0.4 is 10.5 Å². The highest BCUT2D eigenvalue weighted by Crippen LogP contribution is 2.37. The van der Waals surface area contributed by atoms with E-state index in [4.69, 9.17) is 20.3 Å². The van der Waals surface area contributed by atoms with Gasteiger partial charge in [0, 0.05) is 16.8 Å². The Morgan fingerprint density at radius 1 is 1.24 bits per heavy atom. The van der Waals surface area contributed by atoms with E-state index < -0.39 is 13.4 Å². The van der Waals surface area contributed by atoms with Gasteiger partial charge in [0.15, 0.2) is 5.78 Å². The summed E-state index contributed by atoms with van der Waals surface area (Å²) in [5.74, 6) is 0.249. The number of phosphoric ester groups is 1. The van der Waals surface area contributed by atoms with Crippen molar-refractivity contribution in [2.75, 3.05) is 13.2 Å². The predicted octanol–water partition coefficient (Wildman–Crippen LogP) is 3.69. The van der Waals surface area contributed by atoms with E-state index in [1.54, 1.807) is 25.1 Å². The van der Waals surface area contributed by atoms with Crippen LogP contribution in [0.15, 0.2) is 36.4 Å². The smallest absolute Gasteiger partial charge is 0.469 e. The molecule has 0 bridgehead atoms. The van der Waals surface area contributed by atoms with E-state index in [9.17, 15) is 13.8 Å². The Kier molecular flexibility index (Phi) is 8.51. The molecule has 2 aromatic rings. The molecule has 0 saturated carbocycles.